The van der Waals surface area contributed by atoms with Crippen LogP contribution in [0, 0.1) is 5.92 Å². The minimum Gasteiger partial charge on any atom is -0.345 e. The summed E-state index contributed by atoms with van der Waals surface area (Å²) in [5.41, 5.74) is -0.701. The van der Waals surface area contributed by atoms with Gasteiger partial charge in [-0.2, -0.15) is 0 Å². The van der Waals surface area contributed by atoms with E-state index in [1.54, 1.807) is 11.9 Å². The molecule has 2 amide bonds. The quantitative estimate of drug-likeness (QED) is 0.791. The summed E-state index contributed by atoms with van der Waals surface area (Å²) in [6, 6.07) is -0.469. The topological polar surface area (TPSA) is 69.7 Å². The predicted octanol–water partition coefficient (Wildman–Crippen LogP) is 0.269. The summed E-state index contributed by atoms with van der Waals surface area (Å²) in [7, 11) is 1.77. The van der Waals surface area contributed by atoms with Crippen molar-refractivity contribution in [1.29, 1.82) is 0 Å². The van der Waals surface area contributed by atoms with Crippen LogP contribution in [0.15, 0.2) is 0 Å². The minimum atomic E-state index is -0.701. The molecule has 0 bridgehead atoms. The summed E-state index contributed by atoms with van der Waals surface area (Å²) in [5, 5.41) is 2.77. The van der Waals surface area contributed by atoms with E-state index in [4.69, 9.17) is 0 Å². The van der Waals surface area contributed by atoms with Gasteiger partial charge in [0.25, 0.3) is 0 Å². The molecule has 1 aliphatic rings. The summed E-state index contributed by atoms with van der Waals surface area (Å²) < 4.78 is 0. The molecule has 1 saturated heterocycles. The van der Waals surface area contributed by atoms with Crippen molar-refractivity contribution < 1.29 is 14.4 Å². The lowest BCUT2D eigenvalue weighted by Gasteiger charge is -2.44. The molecule has 6 nitrogen and oxygen atoms in total. The normalized spacial score (nSPS) is 20.5. The molecule has 1 fully saturated rings. The molecule has 0 spiro atoms. The van der Waals surface area contributed by atoms with Crippen LogP contribution in [-0.4, -0.2) is 65.7 Å². The molecule has 0 aromatic rings. The van der Waals surface area contributed by atoms with Gasteiger partial charge in [0.05, 0.1) is 18.1 Å². The molecule has 1 N–H and O–H groups in total. The second-order valence-electron chi connectivity index (χ2n) is 6.61. The highest BCUT2D eigenvalue weighted by Gasteiger charge is 2.41. The highest BCUT2D eigenvalue weighted by molar-refractivity contribution is 5.90. The number of hydrogen-bond acceptors (Lipinski definition) is 4. The molecule has 1 atom stereocenters. The van der Waals surface area contributed by atoms with E-state index in [2.05, 4.69) is 5.32 Å². The Morgan fingerprint density at radius 1 is 1.29 bits per heavy atom. The molecule has 1 aliphatic heterocycles. The van der Waals surface area contributed by atoms with E-state index in [1.165, 1.54) is 6.92 Å². The van der Waals surface area contributed by atoms with Gasteiger partial charge in [0, 0.05) is 20.1 Å². The Kier molecular flexibility index (Phi) is 5.50. The van der Waals surface area contributed by atoms with Crippen LogP contribution in [0.4, 0.5) is 0 Å². The van der Waals surface area contributed by atoms with Crippen molar-refractivity contribution in [2.75, 3.05) is 26.7 Å². The number of nitrogens with zero attached hydrogens (tertiary/aromatic N) is 2. The maximum absolute atomic E-state index is 12.2. The van der Waals surface area contributed by atoms with Gasteiger partial charge in [0.2, 0.25) is 11.8 Å². The Hall–Kier alpha value is -1.43. The smallest absolute Gasteiger partial charge is 0.242 e. The van der Waals surface area contributed by atoms with Crippen LogP contribution in [0.2, 0.25) is 0 Å². The molecule has 21 heavy (non-hydrogen) atoms. The van der Waals surface area contributed by atoms with E-state index in [9.17, 15) is 14.4 Å². The largest absolute Gasteiger partial charge is 0.345 e. The number of hydrogen-bond donors (Lipinski definition) is 1. The van der Waals surface area contributed by atoms with E-state index >= 15 is 0 Å². The van der Waals surface area contributed by atoms with Crippen molar-refractivity contribution in [3.05, 3.63) is 0 Å². The molecule has 1 unspecified atom stereocenters. The van der Waals surface area contributed by atoms with Gasteiger partial charge < -0.3 is 10.2 Å². The fraction of sp³-hybridized carbons (Fsp3) is 0.800. The van der Waals surface area contributed by atoms with Crippen LogP contribution in [0.3, 0.4) is 0 Å². The van der Waals surface area contributed by atoms with Gasteiger partial charge in [-0.1, -0.05) is 13.8 Å². The maximum atomic E-state index is 12.2. The lowest BCUT2D eigenvalue weighted by Crippen LogP contribution is -2.64. The summed E-state index contributed by atoms with van der Waals surface area (Å²) in [4.78, 5) is 39.4. The van der Waals surface area contributed by atoms with Crippen LogP contribution in [0.1, 0.15) is 34.6 Å². The molecule has 0 aliphatic carbocycles. The summed E-state index contributed by atoms with van der Waals surface area (Å²) in [6.45, 7) is 10.3. The number of ketones is 1. The Morgan fingerprint density at radius 3 is 2.33 bits per heavy atom. The van der Waals surface area contributed by atoms with Crippen molar-refractivity contribution in [2.24, 2.45) is 5.92 Å². The zero-order valence-corrected chi connectivity index (χ0v) is 13.9. The Bertz CT molecular complexity index is 432. The molecule has 0 aromatic heterocycles. The minimum absolute atomic E-state index is 0.00790. The number of rotatable bonds is 5. The molecule has 0 saturated carbocycles. The van der Waals surface area contributed by atoms with Gasteiger partial charge in [-0.3, -0.25) is 19.3 Å². The Labute approximate surface area is 126 Å². The summed E-state index contributed by atoms with van der Waals surface area (Å²) in [5.74, 6) is -0.205. The van der Waals surface area contributed by atoms with Gasteiger partial charge in [-0.25, -0.2) is 0 Å². The lowest BCUT2D eigenvalue weighted by molar-refractivity contribution is -0.148. The van der Waals surface area contributed by atoms with Crippen LogP contribution >= 0.6 is 0 Å². The van der Waals surface area contributed by atoms with Crippen molar-refractivity contribution in [3.63, 3.8) is 0 Å². The first-order valence-corrected chi connectivity index (χ1v) is 7.37. The number of carbonyl (C=O) groups excluding carboxylic acids is 3. The summed E-state index contributed by atoms with van der Waals surface area (Å²) >= 11 is 0. The van der Waals surface area contributed by atoms with Crippen LogP contribution in [-0.2, 0) is 14.4 Å². The highest BCUT2D eigenvalue weighted by Crippen LogP contribution is 2.21. The fourth-order valence-electron chi connectivity index (χ4n) is 2.66. The van der Waals surface area contributed by atoms with Crippen LogP contribution in [0.5, 0.6) is 0 Å². The molecule has 6 heteroatoms. The molecule has 120 valence electrons. The SMILES string of the molecule is CC(=O)C(NC(=O)CN1CCN(C)C(=O)C1(C)C)C(C)C. The molecular formula is C15H27N3O3. The van der Waals surface area contributed by atoms with Gasteiger partial charge in [0.15, 0.2) is 5.78 Å². The highest BCUT2D eigenvalue weighted by atomic mass is 16.2. The first kappa shape index (κ1) is 17.6. The standard InChI is InChI=1S/C15H27N3O3/c1-10(2)13(11(3)19)16-12(20)9-18-8-7-17(6)14(21)15(18,4)5/h10,13H,7-9H2,1-6H3,(H,16,20). The molecule has 1 rings (SSSR count). The van der Waals surface area contributed by atoms with Crippen LogP contribution < -0.4 is 5.32 Å². The number of likely N-dealkylation sites (N-methyl/N-ethyl adjacent to an activating group) is 1. The molecular weight excluding hydrogens is 270 g/mol. The predicted molar refractivity (Wildman–Crippen MR) is 80.7 cm³/mol. The third-order valence-electron chi connectivity index (χ3n) is 4.12. The third-order valence-corrected chi connectivity index (χ3v) is 4.12. The van der Waals surface area contributed by atoms with Crippen molar-refractivity contribution >= 4 is 17.6 Å². The average molecular weight is 297 g/mol. The van der Waals surface area contributed by atoms with E-state index < -0.39 is 11.6 Å². The van der Waals surface area contributed by atoms with E-state index in [1.807, 2.05) is 32.6 Å². The zero-order chi connectivity index (χ0) is 16.4. The van der Waals surface area contributed by atoms with Crippen molar-refractivity contribution in [3.8, 4) is 0 Å². The molecule has 0 aromatic carbocycles. The lowest BCUT2D eigenvalue weighted by atomic mass is 9.97. The number of amides is 2. The van der Waals surface area contributed by atoms with Gasteiger partial charge in [-0.15, -0.1) is 0 Å². The second-order valence-corrected chi connectivity index (χ2v) is 6.61. The average Bonchev–Trinajstić information content (AvgIpc) is 2.36. The van der Waals surface area contributed by atoms with Crippen molar-refractivity contribution in [2.45, 2.75) is 46.2 Å². The second kappa shape index (κ2) is 6.56. The first-order chi connectivity index (χ1) is 9.57. The number of piperazine rings is 1. The number of nitrogens with one attached hydrogen (secondary N) is 1. The van der Waals surface area contributed by atoms with Gasteiger partial charge in [-0.05, 0) is 26.7 Å². The van der Waals surface area contributed by atoms with E-state index in [-0.39, 0.29) is 30.1 Å². The van der Waals surface area contributed by atoms with Crippen molar-refractivity contribution in [1.82, 2.24) is 15.1 Å². The zero-order valence-electron chi connectivity index (χ0n) is 13.9. The monoisotopic (exact) mass is 297 g/mol. The first-order valence-electron chi connectivity index (χ1n) is 7.37. The fourth-order valence-corrected chi connectivity index (χ4v) is 2.66. The Balaban J connectivity index is 2.70. The van der Waals surface area contributed by atoms with E-state index in [0.29, 0.717) is 13.1 Å². The molecule has 1 heterocycles. The Morgan fingerprint density at radius 2 is 1.86 bits per heavy atom. The van der Waals surface area contributed by atoms with Gasteiger partial charge >= 0.3 is 0 Å². The van der Waals surface area contributed by atoms with E-state index in [0.717, 1.165) is 0 Å². The molecule has 0 radical (unpaired) electrons. The van der Waals surface area contributed by atoms with Gasteiger partial charge in [0.1, 0.15) is 0 Å². The maximum Gasteiger partial charge on any atom is 0.242 e. The number of Topliss-reactive ketones (excluding diaryl/α,β-unsaturated/α-hetero) is 1. The van der Waals surface area contributed by atoms with Crippen LogP contribution in [0.25, 0.3) is 0 Å². The summed E-state index contributed by atoms with van der Waals surface area (Å²) in [6.07, 6.45) is 0. The third kappa shape index (κ3) is 4.03. The number of carbonyl (C=O) groups is 3.